The third-order valence-corrected chi connectivity index (χ3v) is 4.48. The molecule has 5 N–H and O–H groups in total. The molecule has 27 heavy (non-hydrogen) atoms. The number of rotatable bonds is 14. The summed E-state index contributed by atoms with van der Waals surface area (Å²) in [4.78, 5) is 13.5. The zero-order chi connectivity index (χ0) is 19.3. The van der Waals surface area contributed by atoms with Crippen LogP contribution in [0.2, 0.25) is 0 Å². The molecule has 0 spiro atoms. The molecule has 9 heteroatoms. The first kappa shape index (κ1) is 21.6. The van der Waals surface area contributed by atoms with Crippen molar-refractivity contribution in [2.45, 2.75) is 58.0 Å². The van der Waals surface area contributed by atoms with E-state index in [2.05, 4.69) is 44.7 Å². The molecule has 1 aromatic rings. The maximum absolute atomic E-state index is 5.52. The lowest BCUT2D eigenvalue weighted by Crippen LogP contribution is -2.22. The summed E-state index contributed by atoms with van der Waals surface area (Å²) in [6.07, 6.45) is 5.86. The highest BCUT2D eigenvalue weighted by Gasteiger charge is 2.17. The van der Waals surface area contributed by atoms with Gasteiger partial charge in [-0.2, -0.15) is 15.0 Å². The Hall–Kier alpha value is -1.71. The molecule has 1 aliphatic carbocycles. The van der Waals surface area contributed by atoms with Crippen molar-refractivity contribution in [3.63, 3.8) is 0 Å². The van der Waals surface area contributed by atoms with E-state index in [0.717, 1.165) is 6.42 Å². The SMILES string of the molecule is CCC(C)Nc1nc(NCCOCCOCCN)nc(NC2CCCC2)n1. The molecular weight excluding hydrogens is 346 g/mol. The molecule has 1 aliphatic rings. The summed E-state index contributed by atoms with van der Waals surface area (Å²) in [6.45, 7) is 7.62. The average Bonchev–Trinajstić information content (AvgIpc) is 3.16. The van der Waals surface area contributed by atoms with E-state index in [1.54, 1.807) is 0 Å². The number of nitrogens with one attached hydrogen (secondary N) is 3. The molecule has 1 saturated carbocycles. The first-order valence-electron chi connectivity index (χ1n) is 10.1. The summed E-state index contributed by atoms with van der Waals surface area (Å²) in [5, 5.41) is 9.99. The molecule has 1 aromatic heterocycles. The van der Waals surface area contributed by atoms with E-state index in [0.29, 0.717) is 69.4 Å². The summed E-state index contributed by atoms with van der Waals surface area (Å²) in [6, 6.07) is 0.755. The van der Waals surface area contributed by atoms with Crippen LogP contribution in [0.3, 0.4) is 0 Å². The summed E-state index contributed by atoms with van der Waals surface area (Å²) in [7, 11) is 0. The van der Waals surface area contributed by atoms with Crippen molar-refractivity contribution in [2.75, 3.05) is 55.5 Å². The third-order valence-electron chi connectivity index (χ3n) is 4.48. The van der Waals surface area contributed by atoms with Crippen LogP contribution >= 0.6 is 0 Å². The minimum atomic E-state index is 0.302. The molecule has 9 nitrogen and oxygen atoms in total. The van der Waals surface area contributed by atoms with Crippen molar-refractivity contribution in [3.05, 3.63) is 0 Å². The molecule has 1 atom stereocenters. The van der Waals surface area contributed by atoms with E-state index >= 15 is 0 Å². The van der Waals surface area contributed by atoms with Gasteiger partial charge in [-0.15, -0.1) is 0 Å². The highest BCUT2D eigenvalue weighted by molar-refractivity contribution is 5.43. The van der Waals surface area contributed by atoms with Crippen molar-refractivity contribution < 1.29 is 9.47 Å². The molecule has 0 aromatic carbocycles. The Balaban J connectivity index is 1.83. The van der Waals surface area contributed by atoms with Crippen molar-refractivity contribution in [1.82, 2.24) is 15.0 Å². The number of nitrogens with two attached hydrogens (primary N) is 1. The molecule has 1 heterocycles. The Labute approximate surface area is 162 Å². The van der Waals surface area contributed by atoms with Crippen LogP contribution in [0.5, 0.6) is 0 Å². The van der Waals surface area contributed by atoms with E-state index in [9.17, 15) is 0 Å². The lowest BCUT2D eigenvalue weighted by atomic mass is 10.2. The lowest BCUT2D eigenvalue weighted by Gasteiger charge is -2.16. The van der Waals surface area contributed by atoms with Crippen LogP contribution in [-0.2, 0) is 9.47 Å². The van der Waals surface area contributed by atoms with Gasteiger partial charge in [-0.1, -0.05) is 19.8 Å². The van der Waals surface area contributed by atoms with Gasteiger partial charge in [0.25, 0.3) is 0 Å². The van der Waals surface area contributed by atoms with E-state index in [1.165, 1.54) is 25.7 Å². The van der Waals surface area contributed by atoms with Crippen LogP contribution in [-0.4, -0.2) is 66.6 Å². The van der Waals surface area contributed by atoms with Crippen LogP contribution in [0.25, 0.3) is 0 Å². The number of anilines is 3. The topological polar surface area (TPSA) is 119 Å². The summed E-state index contributed by atoms with van der Waals surface area (Å²) >= 11 is 0. The first-order valence-corrected chi connectivity index (χ1v) is 10.1. The average molecular weight is 382 g/mol. The number of hydrogen-bond donors (Lipinski definition) is 4. The van der Waals surface area contributed by atoms with Crippen molar-refractivity contribution in [1.29, 1.82) is 0 Å². The second-order valence-corrected chi connectivity index (χ2v) is 6.83. The van der Waals surface area contributed by atoms with E-state index < -0.39 is 0 Å². The highest BCUT2D eigenvalue weighted by atomic mass is 16.5. The molecule has 2 rings (SSSR count). The fourth-order valence-electron chi connectivity index (χ4n) is 2.80. The van der Waals surface area contributed by atoms with Gasteiger partial charge in [0.2, 0.25) is 17.8 Å². The van der Waals surface area contributed by atoms with Crippen LogP contribution < -0.4 is 21.7 Å². The summed E-state index contributed by atoms with van der Waals surface area (Å²) in [5.74, 6) is 1.78. The molecule has 154 valence electrons. The fourth-order valence-corrected chi connectivity index (χ4v) is 2.80. The summed E-state index contributed by atoms with van der Waals surface area (Å²) < 4.78 is 10.8. The molecule has 0 aliphatic heterocycles. The third kappa shape index (κ3) is 8.68. The normalized spacial score (nSPS) is 15.7. The van der Waals surface area contributed by atoms with Gasteiger partial charge in [0.1, 0.15) is 0 Å². The van der Waals surface area contributed by atoms with Gasteiger partial charge < -0.3 is 31.2 Å². The largest absolute Gasteiger partial charge is 0.378 e. The molecule has 0 radical (unpaired) electrons. The number of nitrogens with zero attached hydrogens (tertiary/aromatic N) is 3. The minimum absolute atomic E-state index is 0.302. The molecule has 0 amide bonds. The van der Waals surface area contributed by atoms with Crippen LogP contribution in [0.15, 0.2) is 0 Å². The zero-order valence-corrected chi connectivity index (χ0v) is 16.7. The Morgan fingerprint density at radius 3 is 2.37 bits per heavy atom. The van der Waals surface area contributed by atoms with Crippen LogP contribution in [0, 0.1) is 0 Å². The van der Waals surface area contributed by atoms with Crippen molar-refractivity contribution >= 4 is 17.8 Å². The van der Waals surface area contributed by atoms with E-state index in [1.807, 2.05) is 0 Å². The Bertz CT molecular complexity index is 526. The number of ether oxygens (including phenoxy) is 2. The summed E-state index contributed by atoms with van der Waals surface area (Å²) in [5.41, 5.74) is 5.36. The zero-order valence-electron chi connectivity index (χ0n) is 16.7. The maximum Gasteiger partial charge on any atom is 0.229 e. The quantitative estimate of drug-likeness (QED) is 0.358. The van der Waals surface area contributed by atoms with Crippen LogP contribution in [0.4, 0.5) is 17.8 Å². The van der Waals surface area contributed by atoms with E-state index in [-0.39, 0.29) is 0 Å². The smallest absolute Gasteiger partial charge is 0.229 e. The van der Waals surface area contributed by atoms with Gasteiger partial charge in [0.15, 0.2) is 0 Å². The Morgan fingerprint density at radius 2 is 1.67 bits per heavy atom. The Morgan fingerprint density at radius 1 is 1.00 bits per heavy atom. The second-order valence-electron chi connectivity index (χ2n) is 6.83. The van der Waals surface area contributed by atoms with Crippen molar-refractivity contribution in [2.24, 2.45) is 5.73 Å². The van der Waals surface area contributed by atoms with Gasteiger partial charge in [-0.3, -0.25) is 0 Å². The number of hydrogen-bond acceptors (Lipinski definition) is 9. The van der Waals surface area contributed by atoms with Gasteiger partial charge in [-0.25, -0.2) is 0 Å². The lowest BCUT2D eigenvalue weighted by molar-refractivity contribution is 0.0547. The van der Waals surface area contributed by atoms with Gasteiger partial charge in [-0.05, 0) is 26.2 Å². The van der Waals surface area contributed by atoms with Crippen LogP contribution in [0.1, 0.15) is 46.0 Å². The molecule has 0 saturated heterocycles. The minimum Gasteiger partial charge on any atom is -0.378 e. The van der Waals surface area contributed by atoms with Crippen molar-refractivity contribution in [3.8, 4) is 0 Å². The fraction of sp³-hybridized carbons (Fsp3) is 0.833. The van der Waals surface area contributed by atoms with Gasteiger partial charge in [0.05, 0.1) is 26.4 Å². The van der Waals surface area contributed by atoms with E-state index in [4.69, 9.17) is 15.2 Å². The first-order chi connectivity index (χ1) is 13.2. The molecular formula is C18H35N7O2. The number of aromatic nitrogens is 3. The molecule has 1 fully saturated rings. The monoisotopic (exact) mass is 381 g/mol. The predicted octanol–water partition coefficient (Wildman–Crippen LogP) is 1.84. The van der Waals surface area contributed by atoms with Gasteiger partial charge in [0, 0.05) is 25.2 Å². The standard InChI is InChI=1S/C18H35N7O2/c1-3-14(2)21-17-23-16(20-9-11-27-13-12-26-10-8-19)24-18(25-17)22-15-6-4-5-7-15/h14-15H,3-13,19H2,1-2H3,(H3,20,21,22,23,24,25). The predicted molar refractivity (Wildman–Crippen MR) is 108 cm³/mol. The molecule has 0 bridgehead atoms. The second kappa shape index (κ2) is 12.6. The Kier molecular flexibility index (Phi) is 10.1. The highest BCUT2D eigenvalue weighted by Crippen LogP contribution is 2.21. The van der Waals surface area contributed by atoms with Gasteiger partial charge >= 0.3 is 0 Å². The maximum atomic E-state index is 5.52. The molecule has 1 unspecified atom stereocenters.